The van der Waals surface area contributed by atoms with Crippen LogP contribution in [0.5, 0.6) is 0 Å². The average Bonchev–Trinajstić information content (AvgIpc) is 2.65. The molecule has 78 valence electrons. The van der Waals surface area contributed by atoms with E-state index in [-0.39, 0.29) is 17.7 Å². The summed E-state index contributed by atoms with van der Waals surface area (Å²) in [6, 6.07) is 7.81. The van der Waals surface area contributed by atoms with Gasteiger partial charge in [0, 0.05) is 5.56 Å². The van der Waals surface area contributed by atoms with E-state index >= 15 is 0 Å². The van der Waals surface area contributed by atoms with Crippen LogP contribution in [-0.2, 0) is 10.3 Å². The summed E-state index contributed by atoms with van der Waals surface area (Å²) < 4.78 is 5.56. The smallest absolute Gasteiger partial charge is 0.257 e. The molecule has 0 bridgehead atoms. The molecule has 0 saturated carbocycles. The van der Waals surface area contributed by atoms with Crippen molar-refractivity contribution in [2.75, 3.05) is 6.61 Å². The molecular formula is C12H13NO2. The van der Waals surface area contributed by atoms with Gasteiger partial charge in [0.05, 0.1) is 12.1 Å². The van der Waals surface area contributed by atoms with E-state index in [1.54, 1.807) is 0 Å². The van der Waals surface area contributed by atoms with Gasteiger partial charge < -0.3 is 9.64 Å². The first-order valence-electron chi connectivity index (χ1n) is 5.19. The Hall–Kier alpha value is -1.35. The van der Waals surface area contributed by atoms with Gasteiger partial charge in [-0.15, -0.1) is 0 Å². The molecule has 15 heavy (non-hydrogen) atoms. The van der Waals surface area contributed by atoms with Crippen LogP contribution >= 0.6 is 0 Å². The van der Waals surface area contributed by atoms with Gasteiger partial charge in [0.15, 0.2) is 0 Å². The van der Waals surface area contributed by atoms with E-state index in [2.05, 4.69) is 6.92 Å². The number of carbonyl (C=O) groups is 1. The highest BCUT2D eigenvalue weighted by atomic mass is 16.5. The van der Waals surface area contributed by atoms with Crippen molar-refractivity contribution >= 4 is 5.91 Å². The molecule has 1 saturated heterocycles. The molecule has 3 heteroatoms. The number of hydrogen-bond donors (Lipinski definition) is 0. The number of rotatable bonds is 0. The van der Waals surface area contributed by atoms with Gasteiger partial charge in [0.25, 0.3) is 5.91 Å². The van der Waals surface area contributed by atoms with Crippen LogP contribution in [0.1, 0.15) is 29.8 Å². The molecule has 0 aromatic heterocycles. The average molecular weight is 203 g/mol. The van der Waals surface area contributed by atoms with Crippen molar-refractivity contribution in [2.24, 2.45) is 0 Å². The fourth-order valence-electron chi connectivity index (χ4n) is 2.69. The van der Waals surface area contributed by atoms with Crippen LogP contribution < -0.4 is 0 Å². The maximum Gasteiger partial charge on any atom is 0.257 e. The van der Waals surface area contributed by atoms with E-state index in [0.717, 1.165) is 11.1 Å². The molecule has 0 unspecified atom stereocenters. The van der Waals surface area contributed by atoms with Gasteiger partial charge in [-0.3, -0.25) is 4.79 Å². The molecule has 2 atom stereocenters. The molecule has 3 rings (SSSR count). The van der Waals surface area contributed by atoms with Gasteiger partial charge in [-0.05, 0) is 25.5 Å². The number of hydrogen-bond acceptors (Lipinski definition) is 2. The van der Waals surface area contributed by atoms with Crippen LogP contribution in [0.3, 0.4) is 0 Å². The molecule has 1 fully saturated rings. The normalized spacial score (nSPS) is 33.1. The van der Waals surface area contributed by atoms with Crippen LogP contribution in [0.15, 0.2) is 24.3 Å². The number of carbonyl (C=O) groups excluding carboxylic acids is 1. The van der Waals surface area contributed by atoms with Crippen LogP contribution in [0.25, 0.3) is 0 Å². The van der Waals surface area contributed by atoms with Crippen LogP contribution in [-0.4, -0.2) is 23.6 Å². The topological polar surface area (TPSA) is 29.5 Å². The lowest BCUT2D eigenvalue weighted by Gasteiger charge is -2.28. The second kappa shape index (κ2) is 2.61. The first kappa shape index (κ1) is 8.92. The number of amides is 1. The van der Waals surface area contributed by atoms with Crippen molar-refractivity contribution < 1.29 is 9.53 Å². The molecule has 3 nitrogen and oxygen atoms in total. The Balaban J connectivity index is 2.24. The first-order chi connectivity index (χ1) is 7.14. The monoisotopic (exact) mass is 203 g/mol. The van der Waals surface area contributed by atoms with Gasteiger partial charge in [-0.2, -0.15) is 0 Å². The van der Waals surface area contributed by atoms with Gasteiger partial charge in [-0.25, -0.2) is 0 Å². The Morgan fingerprint density at radius 2 is 2.20 bits per heavy atom. The van der Waals surface area contributed by atoms with E-state index in [1.807, 2.05) is 36.1 Å². The SMILES string of the molecule is C[C@@H]1OC[C@@]2(C)c3ccccc3C(=O)N12. The highest BCUT2D eigenvalue weighted by Crippen LogP contribution is 2.44. The van der Waals surface area contributed by atoms with Crippen molar-refractivity contribution in [3.63, 3.8) is 0 Å². The van der Waals surface area contributed by atoms with Crippen LogP contribution in [0, 0.1) is 0 Å². The van der Waals surface area contributed by atoms with E-state index in [0.29, 0.717) is 6.61 Å². The Bertz CT molecular complexity index is 443. The van der Waals surface area contributed by atoms with Crippen molar-refractivity contribution in [2.45, 2.75) is 25.6 Å². The Morgan fingerprint density at radius 3 is 3.00 bits per heavy atom. The summed E-state index contributed by atoms with van der Waals surface area (Å²) in [5.41, 5.74) is 1.67. The summed E-state index contributed by atoms with van der Waals surface area (Å²) in [6.07, 6.45) is -0.116. The number of ether oxygens (including phenoxy) is 1. The quantitative estimate of drug-likeness (QED) is 0.642. The zero-order valence-corrected chi connectivity index (χ0v) is 8.86. The third-order valence-electron chi connectivity index (χ3n) is 3.46. The predicted molar refractivity (Wildman–Crippen MR) is 55.4 cm³/mol. The van der Waals surface area contributed by atoms with Gasteiger partial charge >= 0.3 is 0 Å². The lowest BCUT2D eigenvalue weighted by Crippen LogP contribution is -2.40. The maximum atomic E-state index is 12.1. The number of benzene rings is 1. The lowest BCUT2D eigenvalue weighted by molar-refractivity contribution is 0.0333. The fourth-order valence-corrected chi connectivity index (χ4v) is 2.69. The summed E-state index contributed by atoms with van der Waals surface area (Å²) in [5, 5.41) is 0. The van der Waals surface area contributed by atoms with E-state index in [1.165, 1.54) is 0 Å². The summed E-state index contributed by atoms with van der Waals surface area (Å²) in [7, 11) is 0. The summed E-state index contributed by atoms with van der Waals surface area (Å²) in [6.45, 7) is 4.59. The molecule has 0 N–H and O–H groups in total. The summed E-state index contributed by atoms with van der Waals surface area (Å²) in [5.74, 6) is 0.0955. The third-order valence-corrected chi connectivity index (χ3v) is 3.46. The lowest BCUT2D eigenvalue weighted by atomic mass is 9.93. The van der Waals surface area contributed by atoms with Gasteiger partial charge in [-0.1, -0.05) is 18.2 Å². The first-order valence-corrected chi connectivity index (χ1v) is 5.19. The zero-order chi connectivity index (χ0) is 10.6. The maximum absolute atomic E-state index is 12.1. The standard InChI is InChI=1S/C12H13NO2/c1-8-13-11(14)9-5-3-4-6-10(9)12(13,2)7-15-8/h3-6,8H,7H2,1-2H3/t8-,12-/m0/s1. The van der Waals surface area contributed by atoms with Crippen molar-refractivity contribution in [3.05, 3.63) is 35.4 Å². The van der Waals surface area contributed by atoms with E-state index in [4.69, 9.17) is 4.74 Å². The number of fused-ring (bicyclic) bond motifs is 3. The van der Waals surface area contributed by atoms with Crippen molar-refractivity contribution in [1.29, 1.82) is 0 Å². The van der Waals surface area contributed by atoms with Crippen LogP contribution in [0.2, 0.25) is 0 Å². The number of nitrogens with zero attached hydrogens (tertiary/aromatic N) is 1. The molecule has 0 radical (unpaired) electrons. The fraction of sp³-hybridized carbons (Fsp3) is 0.417. The van der Waals surface area contributed by atoms with Crippen molar-refractivity contribution in [3.8, 4) is 0 Å². The molecule has 1 aromatic carbocycles. The second-order valence-corrected chi connectivity index (χ2v) is 4.40. The Kier molecular flexibility index (Phi) is 1.55. The largest absolute Gasteiger partial charge is 0.356 e. The molecule has 0 spiro atoms. The van der Waals surface area contributed by atoms with Gasteiger partial charge in [0.2, 0.25) is 0 Å². The molecule has 2 aliphatic heterocycles. The minimum atomic E-state index is -0.257. The zero-order valence-electron chi connectivity index (χ0n) is 8.86. The third kappa shape index (κ3) is 0.913. The summed E-state index contributed by atoms with van der Waals surface area (Å²) in [4.78, 5) is 14.0. The highest BCUT2D eigenvalue weighted by molar-refractivity contribution is 6.00. The summed E-state index contributed by atoms with van der Waals surface area (Å²) >= 11 is 0. The predicted octanol–water partition coefficient (Wildman–Crippen LogP) is 1.73. The molecule has 2 aliphatic rings. The minimum absolute atomic E-state index is 0.0955. The molecule has 1 aromatic rings. The van der Waals surface area contributed by atoms with Crippen LogP contribution in [0.4, 0.5) is 0 Å². The van der Waals surface area contributed by atoms with Crippen molar-refractivity contribution in [1.82, 2.24) is 4.90 Å². The molecule has 1 amide bonds. The van der Waals surface area contributed by atoms with E-state index in [9.17, 15) is 4.79 Å². The Labute approximate surface area is 88.6 Å². The van der Waals surface area contributed by atoms with Gasteiger partial charge in [0.1, 0.15) is 6.23 Å². The minimum Gasteiger partial charge on any atom is -0.356 e. The molecule has 0 aliphatic carbocycles. The highest BCUT2D eigenvalue weighted by Gasteiger charge is 2.52. The van der Waals surface area contributed by atoms with E-state index < -0.39 is 0 Å². The molecule has 2 heterocycles. The second-order valence-electron chi connectivity index (χ2n) is 4.40. The molecular weight excluding hydrogens is 190 g/mol. The Morgan fingerprint density at radius 1 is 1.47 bits per heavy atom.